The van der Waals surface area contributed by atoms with Crippen LogP contribution in [0.1, 0.15) is 39.0 Å². The lowest BCUT2D eigenvalue weighted by Gasteiger charge is -2.10. The van der Waals surface area contributed by atoms with Crippen LogP contribution >= 0.6 is 0 Å². The summed E-state index contributed by atoms with van der Waals surface area (Å²) in [6.07, 6.45) is 22.8. The number of aromatic nitrogens is 3. The molecule has 1 heterocycles. The Bertz CT molecular complexity index is 410. The molecule has 1 unspecified atom stereocenters. The number of hydrogen-bond acceptors (Lipinski definition) is 2. The molecule has 2 rings (SSSR count). The highest BCUT2D eigenvalue weighted by Crippen LogP contribution is 2.18. The van der Waals surface area contributed by atoms with E-state index in [-0.39, 0.29) is 0 Å². The van der Waals surface area contributed by atoms with Gasteiger partial charge in [-0.05, 0) is 18.4 Å². The lowest BCUT2D eigenvalue weighted by molar-refractivity contribution is 0.673. The smallest absolute Gasteiger partial charge is 0.0690 e. The Balaban J connectivity index is 0.000000333. The molecule has 0 spiro atoms. The number of nitrogens with zero attached hydrogens (tertiary/aromatic N) is 2. The molecule has 0 bridgehead atoms. The molecule has 1 atom stereocenters. The van der Waals surface area contributed by atoms with Gasteiger partial charge in [-0.3, -0.25) is 0 Å². The Kier molecular flexibility index (Phi) is 8.86. The largest absolute Gasteiger partial charge is 0.198 e. The summed E-state index contributed by atoms with van der Waals surface area (Å²) in [4.78, 5) is 0. The van der Waals surface area contributed by atoms with Crippen LogP contribution in [0.4, 0.5) is 0 Å². The average molecular weight is 271 g/mol. The molecular formula is C17H25N3. The van der Waals surface area contributed by atoms with Gasteiger partial charge in [0.15, 0.2) is 0 Å². The maximum absolute atomic E-state index is 4.03. The standard InChI is InChI=1S/C15H22.C2H3N3/c1-3-4-5-6-7-8-12-15-13-10-9-11-14(15)2;1-2-4-5-3-1/h8-13,15H,2-7H2,1H3;1-2H,(H,3,4,5). The van der Waals surface area contributed by atoms with Gasteiger partial charge in [-0.1, -0.05) is 69.2 Å². The highest BCUT2D eigenvalue weighted by molar-refractivity contribution is 5.34. The summed E-state index contributed by atoms with van der Waals surface area (Å²) in [6, 6.07) is 0. The van der Waals surface area contributed by atoms with E-state index < -0.39 is 0 Å². The summed E-state index contributed by atoms with van der Waals surface area (Å²) in [5.74, 6) is 0.432. The number of H-pyrrole nitrogens is 1. The van der Waals surface area contributed by atoms with Gasteiger partial charge in [0.05, 0.1) is 12.4 Å². The van der Waals surface area contributed by atoms with Crippen molar-refractivity contribution in [3.8, 4) is 0 Å². The van der Waals surface area contributed by atoms with E-state index in [1.807, 2.05) is 6.08 Å². The van der Waals surface area contributed by atoms with Gasteiger partial charge in [-0.25, -0.2) is 0 Å². The van der Waals surface area contributed by atoms with Crippen LogP contribution in [0.15, 0.2) is 61.0 Å². The van der Waals surface area contributed by atoms with Crippen LogP contribution in [0.3, 0.4) is 0 Å². The van der Waals surface area contributed by atoms with Crippen molar-refractivity contribution >= 4 is 0 Å². The highest BCUT2D eigenvalue weighted by Gasteiger charge is 2.03. The molecule has 3 heteroatoms. The summed E-state index contributed by atoms with van der Waals surface area (Å²) >= 11 is 0. The van der Waals surface area contributed by atoms with Crippen LogP contribution in [0.25, 0.3) is 0 Å². The van der Waals surface area contributed by atoms with E-state index in [2.05, 4.69) is 59.3 Å². The van der Waals surface area contributed by atoms with Gasteiger partial charge in [0.1, 0.15) is 0 Å². The summed E-state index contributed by atoms with van der Waals surface area (Å²) in [7, 11) is 0. The van der Waals surface area contributed by atoms with E-state index in [0.717, 1.165) is 0 Å². The molecule has 0 radical (unpaired) electrons. The number of rotatable bonds is 6. The molecule has 0 amide bonds. The highest BCUT2D eigenvalue weighted by atomic mass is 15.3. The fourth-order valence-electron chi connectivity index (χ4n) is 1.88. The van der Waals surface area contributed by atoms with Crippen LogP contribution < -0.4 is 0 Å². The van der Waals surface area contributed by atoms with E-state index in [4.69, 9.17) is 0 Å². The minimum Gasteiger partial charge on any atom is -0.198 e. The zero-order valence-corrected chi connectivity index (χ0v) is 12.3. The molecule has 0 aromatic carbocycles. The third-order valence-electron chi connectivity index (χ3n) is 3.07. The molecule has 1 aliphatic carbocycles. The van der Waals surface area contributed by atoms with Crippen molar-refractivity contribution < 1.29 is 0 Å². The first-order valence-electron chi connectivity index (χ1n) is 7.34. The van der Waals surface area contributed by atoms with Crippen molar-refractivity contribution in [1.29, 1.82) is 0 Å². The van der Waals surface area contributed by atoms with Gasteiger partial charge in [-0.2, -0.15) is 15.4 Å². The molecule has 0 saturated heterocycles. The van der Waals surface area contributed by atoms with Crippen LogP contribution in [0, 0.1) is 5.92 Å². The summed E-state index contributed by atoms with van der Waals surface area (Å²) < 4.78 is 0. The molecule has 1 N–H and O–H groups in total. The maximum Gasteiger partial charge on any atom is 0.0690 e. The van der Waals surface area contributed by atoms with Crippen LogP contribution in [-0.2, 0) is 0 Å². The van der Waals surface area contributed by atoms with Gasteiger partial charge in [0, 0.05) is 5.92 Å². The number of unbranched alkanes of at least 4 members (excludes halogenated alkanes) is 4. The number of hydrogen-bond donors (Lipinski definition) is 1. The fraction of sp³-hybridized carbons (Fsp3) is 0.412. The molecule has 0 aliphatic heterocycles. The van der Waals surface area contributed by atoms with Crippen LogP contribution in [0.5, 0.6) is 0 Å². The topological polar surface area (TPSA) is 41.6 Å². The molecule has 20 heavy (non-hydrogen) atoms. The van der Waals surface area contributed by atoms with Crippen molar-refractivity contribution in [3.63, 3.8) is 0 Å². The first-order chi connectivity index (χ1) is 9.84. The second kappa shape index (κ2) is 11.0. The average Bonchev–Trinajstić information content (AvgIpc) is 3.04. The molecule has 1 aromatic rings. The number of aromatic amines is 1. The number of nitrogens with one attached hydrogen (secondary N) is 1. The Morgan fingerprint density at radius 1 is 1.20 bits per heavy atom. The predicted octanol–water partition coefficient (Wildman–Crippen LogP) is 4.62. The van der Waals surface area contributed by atoms with Gasteiger partial charge < -0.3 is 0 Å². The van der Waals surface area contributed by atoms with Crippen molar-refractivity contribution in [3.05, 3.63) is 61.0 Å². The van der Waals surface area contributed by atoms with E-state index >= 15 is 0 Å². The number of allylic oxidation sites excluding steroid dienone is 7. The second-order valence-electron chi connectivity index (χ2n) is 4.78. The van der Waals surface area contributed by atoms with E-state index in [0.29, 0.717) is 5.92 Å². The van der Waals surface area contributed by atoms with Gasteiger partial charge >= 0.3 is 0 Å². The Morgan fingerprint density at radius 3 is 2.60 bits per heavy atom. The second-order valence-corrected chi connectivity index (χ2v) is 4.78. The molecule has 1 aliphatic rings. The van der Waals surface area contributed by atoms with Gasteiger partial charge in [0.25, 0.3) is 0 Å². The van der Waals surface area contributed by atoms with E-state index in [1.165, 1.54) is 37.7 Å². The van der Waals surface area contributed by atoms with Gasteiger partial charge in [-0.15, -0.1) is 0 Å². The van der Waals surface area contributed by atoms with Crippen molar-refractivity contribution in [2.24, 2.45) is 5.92 Å². The Morgan fingerprint density at radius 2 is 2.00 bits per heavy atom. The Hall–Kier alpha value is -1.90. The van der Waals surface area contributed by atoms with Crippen LogP contribution in [0.2, 0.25) is 0 Å². The quantitative estimate of drug-likeness (QED) is 0.606. The van der Waals surface area contributed by atoms with Crippen LogP contribution in [-0.4, -0.2) is 15.4 Å². The maximum atomic E-state index is 4.03. The lowest BCUT2D eigenvalue weighted by Crippen LogP contribution is -1.96. The van der Waals surface area contributed by atoms with Crippen molar-refractivity contribution in [2.45, 2.75) is 39.0 Å². The molecular weight excluding hydrogens is 246 g/mol. The van der Waals surface area contributed by atoms with E-state index in [1.54, 1.807) is 12.4 Å². The minimum atomic E-state index is 0.432. The SMILES string of the molecule is C=C1C=CC=CC1C=CCCCCCC.c1cn[nH]n1. The molecule has 0 saturated carbocycles. The zero-order valence-electron chi connectivity index (χ0n) is 12.3. The van der Waals surface area contributed by atoms with Gasteiger partial charge in [0.2, 0.25) is 0 Å². The first kappa shape index (κ1) is 16.2. The first-order valence-corrected chi connectivity index (χ1v) is 7.34. The monoisotopic (exact) mass is 271 g/mol. The molecule has 3 nitrogen and oxygen atoms in total. The molecule has 0 fully saturated rings. The third-order valence-corrected chi connectivity index (χ3v) is 3.07. The summed E-state index contributed by atoms with van der Waals surface area (Å²) in [5.41, 5.74) is 1.20. The third kappa shape index (κ3) is 7.52. The normalized spacial score (nSPS) is 17.2. The lowest BCUT2D eigenvalue weighted by atomic mass is 9.95. The summed E-state index contributed by atoms with van der Waals surface area (Å²) in [5, 5.41) is 9.33. The van der Waals surface area contributed by atoms with Crippen molar-refractivity contribution in [2.75, 3.05) is 0 Å². The molecule has 1 aromatic heterocycles. The predicted molar refractivity (Wildman–Crippen MR) is 85.2 cm³/mol. The van der Waals surface area contributed by atoms with E-state index in [9.17, 15) is 0 Å². The zero-order chi connectivity index (χ0) is 14.5. The fourth-order valence-corrected chi connectivity index (χ4v) is 1.88. The molecule has 108 valence electrons. The van der Waals surface area contributed by atoms with Crippen molar-refractivity contribution in [1.82, 2.24) is 15.4 Å². The Labute approximate surface area is 122 Å². The minimum absolute atomic E-state index is 0.432. The summed E-state index contributed by atoms with van der Waals surface area (Å²) in [6.45, 7) is 6.28.